The summed E-state index contributed by atoms with van der Waals surface area (Å²) in [5.41, 5.74) is 1.91. The van der Waals surface area contributed by atoms with Crippen LogP contribution in [0.1, 0.15) is 30.9 Å². The molecule has 0 spiro atoms. The standard InChI is InChI=1S/C18H25NO4S/c1-4-10-19(16-9-11-24(21,22)13-16)18(20)8-6-15-12-14(2)5-7-17(15)23-3/h5-8,12,16H,4,9-11,13H2,1-3H3/b8-6+. The maximum atomic E-state index is 12.6. The molecule has 1 amide bonds. The van der Waals surface area contributed by atoms with Crippen molar-refractivity contribution in [2.24, 2.45) is 0 Å². The van der Waals surface area contributed by atoms with E-state index >= 15 is 0 Å². The average Bonchev–Trinajstić information content (AvgIpc) is 2.90. The number of carbonyl (C=O) groups excluding carboxylic acids is 1. The molecule has 1 aliphatic heterocycles. The first kappa shape index (κ1) is 18.5. The molecule has 1 atom stereocenters. The van der Waals surface area contributed by atoms with Crippen molar-refractivity contribution in [3.8, 4) is 5.75 Å². The second-order valence-corrected chi connectivity index (χ2v) is 8.40. The molecule has 1 unspecified atom stereocenters. The van der Waals surface area contributed by atoms with Crippen LogP contribution >= 0.6 is 0 Å². The molecule has 1 aromatic rings. The Labute approximate surface area is 144 Å². The number of carbonyl (C=O) groups is 1. The van der Waals surface area contributed by atoms with Gasteiger partial charge in [0, 0.05) is 24.2 Å². The molecular formula is C18H25NO4S. The third kappa shape index (κ3) is 4.60. The van der Waals surface area contributed by atoms with Gasteiger partial charge in [0.05, 0.1) is 18.6 Å². The van der Waals surface area contributed by atoms with Crippen LogP contribution in [0.5, 0.6) is 5.75 Å². The minimum Gasteiger partial charge on any atom is -0.496 e. The van der Waals surface area contributed by atoms with Gasteiger partial charge in [0.2, 0.25) is 5.91 Å². The van der Waals surface area contributed by atoms with Gasteiger partial charge in [-0.05, 0) is 38.0 Å². The molecule has 0 radical (unpaired) electrons. The molecule has 6 heteroatoms. The Bertz CT molecular complexity index is 725. The number of benzene rings is 1. The second kappa shape index (κ2) is 7.83. The van der Waals surface area contributed by atoms with E-state index < -0.39 is 9.84 Å². The Morgan fingerprint density at radius 1 is 1.42 bits per heavy atom. The number of ether oxygens (including phenoxy) is 1. The predicted octanol–water partition coefficient (Wildman–Crippen LogP) is 2.44. The highest BCUT2D eigenvalue weighted by Gasteiger charge is 2.33. The lowest BCUT2D eigenvalue weighted by molar-refractivity contribution is -0.127. The molecule has 132 valence electrons. The van der Waals surface area contributed by atoms with Crippen LogP contribution in [-0.4, -0.2) is 50.4 Å². The predicted molar refractivity (Wildman–Crippen MR) is 95.8 cm³/mol. The van der Waals surface area contributed by atoms with E-state index in [1.165, 1.54) is 6.08 Å². The molecule has 1 fully saturated rings. The topological polar surface area (TPSA) is 63.7 Å². The average molecular weight is 351 g/mol. The van der Waals surface area contributed by atoms with Crippen LogP contribution in [0, 0.1) is 6.92 Å². The van der Waals surface area contributed by atoms with Gasteiger partial charge in [-0.25, -0.2) is 8.42 Å². The number of hydrogen-bond donors (Lipinski definition) is 0. The number of aryl methyl sites for hydroxylation is 1. The summed E-state index contributed by atoms with van der Waals surface area (Å²) >= 11 is 0. The van der Waals surface area contributed by atoms with Gasteiger partial charge in [0.1, 0.15) is 5.75 Å². The summed E-state index contributed by atoms with van der Waals surface area (Å²) in [7, 11) is -1.42. The maximum absolute atomic E-state index is 12.6. The molecule has 0 aliphatic carbocycles. The summed E-state index contributed by atoms with van der Waals surface area (Å²) in [5, 5.41) is 0. The third-order valence-corrected chi connectivity index (χ3v) is 5.94. The highest BCUT2D eigenvalue weighted by atomic mass is 32.2. The quantitative estimate of drug-likeness (QED) is 0.739. The van der Waals surface area contributed by atoms with E-state index in [1.54, 1.807) is 18.1 Å². The largest absolute Gasteiger partial charge is 0.496 e. The maximum Gasteiger partial charge on any atom is 0.246 e. The van der Waals surface area contributed by atoms with Crippen molar-refractivity contribution in [3.63, 3.8) is 0 Å². The molecule has 1 aromatic carbocycles. The molecule has 1 heterocycles. The van der Waals surface area contributed by atoms with Crippen molar-refractivity contribution in [1.82, 2.24) is 4.90 Å². The van der Waals surface area contributed by atoms with Crippen molar-refractivity contribution in [2.75, 3.05) is 25.2 Å². The molecule has 5 nitrogen and oxygen atoms in total. The number of nitrogens with zero attached hydrogens (tertiary/aromatic N) is 1. The van der Waals surface area contributed by atoms with Crippen molar-refractivity contribution >= 4 is 21.8 Å². The van der Waals surface area contributed by atoms with Crippen molar-refractivity contribution < 1.29 is 17.9 Å². The Morgan fingerprint density at radius 2 is 2.17 bits per heavy atom. The fourth-order valence-electron chi connectivity index (χ4n) is 2.98. The van der Waals surface area contributed by atoms with E-state index in [9.17, 15) is 13.2 Å². The van der Waals surface area contributed by atoms with Gasteiger partial charge in [-0.15, -0.1) is 0 Å². The van der Waals surface area contributed by atoms with E-state index in [-0.39, 0.29) is 23.5 Å². The molecule has 2 rings (SSSR count). The summed E-state index contributed by atoms with van der Waals surface area (Å²) in [6.07, 6.45) is 4.57. The van der Waals surface area contributed by atoms with Crippen LogP contribution in [0.3, 0.4) is 0 Å². The number of amides is 1. The van der Waals surface area contributed by atoms with E-state index in [1.807, 2.05) is 32.0 Å². The minimum atomic E-state index is -3.01. The zero-order chi connectivity index (χ0) is 17.7. The van der Waals surface area contributed by atoms with Crippen LogP contribution in [0.25, 0.3) is 6.08 Å². The minimum absolute atomic E-state index is 0.0698. The molecule has 0 bridgehead atoms. The molecule has 0 aromatic heterocycles. The summed E-state index contributed by atoms with van der Waals surface area (Å²) in [6, 6.07) is 5.55. The summed E-state index contributed by atoms with van der Waals surface area (Å²) in [4.78, 5) is 14.3. The van der Waals surface area contributed by atoms with Gasteiger partial charge < -0.3 is 9.64 Å². The number of sulfone groups is 1. The van der Waals surface area contributed by atoms with Crippen LogP contribution < -0.4 is 4.74 Å². The highest BCUT2D eigenvalue weighted by molar-refractivity contribution is 7.91. The summed E-state index contributed by atoms with van der Waals surface area (Å²) < 4.78 is 28.7. The van der Waals surface area contributed by atoms with Gasteiger partial charge >= 0.3 is 0 Å². The molecule has 1 aliphatic rings. The van der Waals surface area contributed by atoms with Crippen LogP contribution in [0.2, 0.25) is 0 Å². The molecule has 0 N–H and O–H groups in total. The molecule has 1 saturated heterocycles. The number of methoxy groups -OCH3 is 1. The first-order chi connectivity index (χ1) is 11.4. The Balaban J connectivity index is 2.17. The van der Waals surface area contributed by atoms with Gasteiger partial charge in [-0.2, -0.15) is 0 Å². The number of rotatable bonds is 6. The van der Waals surface area contributed by atoms with Gasteiger partial charge in [-0.1, -0.05) is 18.6 Å². The van der Waals surface area contributed by atoms with Crippen molar-refractivity contribution in [1.29, 1.82) is 0 Å². The summed E-state index contributed by atoms with van der Waals surface area (Å²) in [6.45, 7) is 4.52. The first-order valence-electron chi connectivity index (χ1n) is 8.20. The van der Waals surface area contributed by atoms with Gasteiger partial charge in [0.25, 0.3) is 0 Å². The normalized spacial score (nSPS) is 19.5. The van der Waals surface area contributed by atoms with Gasteiger partial charge in [-0.3, -0.25) is 4.79 Å². The fraction of sp³-hybridized carbons (Fsp3) is 0.500. The second-order valence-electron chi connectivity index (χ2n) is 6.17. The number of hydrogen-bond acceptors (Lipinski definition) is 4. The smallest absolute Gasteiger partial charge is 0.246 e. The third-order valence-electron chi connectivity index (χ3n) is 4.19. The molecule has 0 saturated carbocycles. The molecule has 24 heavy (non-hydrogen) atoms. The van der Waals surface area contributed by atoms with E-state index in [4.69, 9.17) is 4.74 Å². The zero-order valence-electron chi connectivity index (χ0n) is 14.5. The monoisotopic (exact) mass is 351 g/mol. The molecular weight excluding hydrogens is 326 g/mol. The lowest BCUT2D eigenvalue weighted by atomic mass is 10.1. The Hall–Kier alpha value is -1.82. The van der Waals surface area contributed by atoms with Crippen molar-refractivity contribution in [2.45, 2.75) is 32.7 Å². The van der Waals surface area contributed by atoms with Crippen LogP contribution in [-0.2, 0) is 14.6 Å². The van der Waals surface area contributed by atoms with Crippen LogP contribution in [0.15, 0.2) is 24.3 Å². The lowest BCUT2D eigenvalue weighted by Gasteiger charge is -2.26. The fourth-order valence-corrected chi connectivity index (χ4v) is 4.71. The SMILES string of the molecule is CCCN(C(=O)/C=C/c1cc(C)ccc1OC)C1CCS(=O)(=O)C1. The van der Waals surface area contributed by atoms with E-state index in [2.05, 4.69) is 0 Å². The Kier molecular flexibility index (Phi) is 6.04. The highest BCUT2D eigenvalue weighted by Crippen LogP contribution is 2.22. The Morgan fingerprint density at radius 3 is 2.75 bits per heavy atom. The lowest BCUT2D eigenvalue weighted by Crippen LogP contribution is -2.40. The van der Waals surface area contributed by atoms with E-state index in [0.717, 1.165) is 17.5 Å². The first-order valence-corrected chi connectivity index (χ1v) is 10.0. The van der Waals surface area contributed by atoms with E-state index in [0.29, 0.717) is 18.7 Å². The van der Waals surface area contributed by atoms with Crippen molar-refractivity contribution in [3.05, 3.63) is 35.4 Å². The summed E-state index contributed by atoms with van der Waals surface area (Å²) in [5.74, 6) is 0.790. The van der Waals surface area contributed by atoms with Crippen LogP contribution in [0.4, 0.5) is 0 Å². The zero-order valence-corrected chi connectivity index (χ0v) is 15.3. The van der Waals surface area contributed by atoms with Gasteiger partial charge in [0.15, 0.2) is 9.84 Å².